The Morgan fingerprint density at radius 3 is 1.98 bits per heavy atom. The SMILES string of the molecule is CCOC(=O)c1cccc(/C(=C/CCc2ccc(O[Si](C)(C)C(C)(C)C)c(C34CC5CC(CC(C5)C3)C4)c2)CO[Si](C)(C)C(C)(C)C)c1. The van der Waals surface area contributed by atoms with Crippen molar-refractivity contribution in [2.45, 2.75) is 142 Å². The van der Waals surface area contributed by atoms with E-state index in [-0.39, 0.29) is 21.5 Å². The molecule has 48 heavy (non-hydrogen) atoms. The first kappa shape index (κ1) is 37.1. The highest BCUT2D eigenvalue weighted by atomic mass is 28.4. The number of hydrogen-bond acceptors (Lipinski definition) is 4. The summed E-state index contributed by atoms with van der Waals surface area (Å²) in [6, 6.07) is 15.1. The Morgan fingerprint density at radius 2 is 1.42 bits per heavy atom. The molecule has 2 aromatic rings. The van der Waals surface area contributed by atoms with Crippen LogP contribution in [0.3, 0.4) is 0 Å². The topological polar surface area (TPSA) is 44.8 Å². The van der Waals surface area contributed by atoms with E-state index in [1.807, 2.05) is 25.1 Å². The van der Waals surface area contributed by atoms with Crippen LogP contribution in [0.15, 0.2) is 48.5 Å². The third-order valence-electron chi connectivity index (χ3n) is 12.8. The minimum atomic E-state index is -2.00. The van der Waals surface area contributed by atoms with Gasteiger partial charge in [0.05, 0.1) is 18.8 Å². The van der Waals surface area contributed by atoms with E-state index >= 15 is 0 Å². The van der Waals surface area contributed by atoms with E-state index < -0.39 is 16.6 Å². The van der Waals surface area contributed by atoms with Gasteiger partial charge in [-0.25, -0.2) is 4.79 Å². The van der Waals surface area contributed by atoms with E-state index in [9.17, 15) is 4.79 Å². The first-order chi connectivity index (χ1) is 22.3. The van der Waals surface area contributed by atoms with Crippen LogP contribution in [-0.4, -0.2) is 35.8 Å². The Balaban J connectivity index is 1.45. The zero-order valence-electron chi connectivity index (χ0n) is 32.1. The number of rotatable bonds is 12. The molecule has 6 heteroatoms. The molecule has 4 aliphatic carbocycles. The molecule has 4 fully saturated rings. The summed E-state index contributed by atoms with van der Waals surface area (Å²) < 4.78 is 19.2. The first-order valence-electron chi connectivity index (χ1n) is 18.8. The van der Waals surface area contributed by atoms with Crippen LogP contribution in [0.4, 0.5) is 0 Å². The summed E-state index contributed by atoms with van der Waals surface area (Å²) in [6.45, 7) is 26.0. The fourth-order valence-corrected chi connectivity index (χ4v) is 10.3. The van der Waals surface area contributed by atoms with Gasteiger partial charge in [0.2, 0.25) is 8.32 Å². The van der Waals surface area contributed by atoms with Crippen molar-refractivity contribution in [2.75, 3.05) is 13.2 Å². The van der Waals surface area contributed by atoms with E-state index in [0.717, 1.165) is 41.7 Å². The number of benzene rings is 2. The number of hydrogen-bond donors (Lipinski definition) is 0. The lowest BCUT2D eigenvalue weighted by Crippen LogP contribution is -2.49. The Kier molecular flexibility index (Phi) is 10.7. The van der Waals surface area contributed by atoms with Crippen molar-refractivity contribution in [3.63, 3.8) is 0 Å². The van der Waals surface area contributed by atoms with Crippen LogP contribution in [0.2, 0.25) is 36.3 Å². The van der Waals surface area contributed by atoms with Crippen LogP contribution in [0.25, 0.3) is 5.57 Å². The molecule has 4 aliphatic rings. The minimum absolute atomic E-state index is 0.118. The van der Waals surface area contributed by atoms with Crippen molar-refractivity contribution >= 4 is 28.2 Å². The summed E-state index contributed by atoms with van der Waals surface area (Å²) in [4.78, 5) is 12.6. The van der Waals surface area contributed by atoms with Gasteiger partial charge in [0.25, 0.3) is 0 Å². The van der Waals surface area contributed by atoms with Gasteiger partial charge in [-0.05, 0) is 158 Å². The summed E-state index contributed by atoms with van der Waals surface area (Å²) in [7, 11) is -3.97. The summed E-state index contributed by atoms with van der Waals surface area (Å²) in [5, 5.41) is 0.273. The van der Waals surface area contributed by atoms with Gasteiger partial charge < -0.3 is 13.6 Å². The van der Waals surface area contributed by atoms with Crippen LogP contribution in [0, 0.1) is 17.8 Å². The van der Waals surface area contributed by atoms with Crippen molar-refractivity contribution in [1.29, 1.82) is 0 Å². The first-order valence-corrected chi connectivity index (χ1v) is 24.6. The van der Waals surface area contributed by atoms with Gasteiger partial charge in [-0.3, -0.25) is 0 Å². The molecule has 4 saturated carbocycles. The van der Waals surface area contributed by atoms with E-state index in [0.29, 0.717) is 18.8 Å². The smallest absolute Gasteiger partial charge is 0.338 e. The molecular formula is C42H64O4Si2. The van der Waals surface area contributed by atoms with Gasteiger partial charge in [0, 0.05) is 0 Å². The Morgan fingerprint density at radius 1 is 0.833 bits per heavy atom. The molecule has 0 aromatic heterocycles. The van der Waals surface area contributed by atoms with Gasteiger partial charge >= 0.3 is 5.97 Å². The number of esters is 1. The molecule has 0 spiro atoms. The molecule has 0 radical (unpaired) electrons. The Labute approximate surface area is 294 Å². The molecule has 264 valence electrons. The number of allylic oxidation sites excluding steroid dienone is 1. The fraction of sp³-hybridized carbons (Fsp3) is 0.643. The molecule has 0 atom stereocenters. The second kappa shape index (κ2) is 13.9. The normalized spacial score (nSPS) is 24.6. The lowest BCUT2D eigenvalue weighted by Gasteiger charge is -2.57. The zero-order chi connectivity index (χ0) is 35.1. The average molecular weight is 689 g/mol. The van der Waals surface area contributed by atoms with Crippen molar-refractivity contribution in [2.24, 2.45) is 17.8 Å². The van der Waals surface area contributed by atoms with Crippen LogP contribution >= 0.6 is 0 Å². The molecule has 0 aliphatic heterocycles. The van der Waals surface area contributed by atoms with E-state index in [4.69, 9.17) is 13.6 Å². The number of aryl methyl sites for hydroxylation is 1. The summed E-state index contributed by atoms with van der Waals surface area (Å²) in [5.74, 6) is 3.55. The lowest BCUT2D eigenvalue weighted by atomic mass is 9.48. The monoisotopic (exact) mass is 688 g/mol. The maximum Gasteiger partial charge on any atom is 0.338 e. The van der Waals surface area contributed by atoms with Crippen LogP contribution in [-0.2, 0) is 21.0 Å². The minimum Gasteiger partial charge on any atom is -0.543 e. The van der Waals surface area contributed by atoms with Gasteiger partial charge in [-0.15, -0.1) is 0 Å². The second-order valence-corrected chi connectivity index (χ2v) is 28.0. The van der Waals surface area contributed by atoms with Gasteiger partial charge in [-0.1, -0.05) is 71.9 Å². The van der Waals surface area contributed by atoms with Crippen LogP contribution in [0.5, 0.6) is 5.75 Å². The number of ether oxygens (including phenoxy) is 1. The zero-order valence-corrected chi connectivity index (χ0v) is 34.1. The molecule has 0 saturated heterocycles. The summed E-state index contributed by atoms with van der Waals surface area (Å²) in [5.41, 5.74) is 5.94. The third-order valence-corrected chi connectivity index (χ3v) is 21.6. The molecule has 2 aromatic carbocycles. The molecule has 6 rings (SSSR count). The second-order valence-electron chi connectivity index (χ2n) is 18.5. The highest BCUT2D eigenvalue weighted by Gasteiger charge is 2.53. The Bertz CT molecular complexity index is 1450. The lowest BCUT2D eigenvalue weighted by molar-refractivity contribution is -0.00590. The quantitative estimate of drug-likeness (QED) is 0.164. The van der Waals surface area contributed by atoms with Gasteiger partial charge in [0.15, 0.2) is 8.32 Å². The van der Waals surface area contributed by atoms with Crippen LogP contribution in [0.1, 0.15) is 120 Å². The molecule has 0 amide bonds. The molecule has 0 N–H and O–H groups in total. The van der Waals surface area contributed by atoms with E-state index in [1.54, 1.807) is 0 Å². The predicted molar refractivity (Wildman–Crippen MR) is 206 cm³/mol. The summed E-state index contributed by atoms with van der Waals surface area (Å²) >= 11 is 0. The van der Waals surface area contributed by atoms with Crippen molar-refractivity contribution in [3.8, 4) is 5.75 Å². The van der Waals surface area contributed by atoms with Crippen LogP contribution < -0.4 is 4.43 Å². The maximum atomic E-state index is 12.6. The molecule has 0 heterocycles. The van der Waals surface area contributed by atoms with Gasteiger partial charge in [-0.2, -0.15) is 0 Å². The molecular weight excluding hydrogens is 625 g/mol. The average Bonchev–Trinajstić information content (AvgIpc) is 2.97. The fourth-order valence-electron chi connectivity index (χ4n) is 8.31. The third kappa shape index (κ3) is 8.07. The number of carbonyl (C=O) groups is 1. The van der Waals surface area contributed by atoms with E-state index in [1.165, 1.54) is 55.4 Å². The number of carbonyl (C=O) groups excluding carboxylic acids is 1. The summed E-state index contributed by atoms with van der Waals surface area (Å²) in [6.07, 6.45) is 12.6. The molecule has 4 bridgehead atoms. The largest absolute Gasteiger partial charge is 0.543 e. The van der Waals surface area contributed by atoms with E-state index in [2.05, 4.69) is 98.1 Å². The van der Waals surface area contributed by atoms with Crippen molar-refractivity contribution < 1.29 is 18.4 Å². The Hall–Kier alpha value is -2.16. The maximum absolute atomic E-state index is 12.6. The van der Waals surface area contributed by atoms with Crippen molar-refractivity contribution in [3.05, 3.63) is 70.8 Å². The molecule has 0 unspecified atom stereocenters. The highest BCUT2D eigenvalue weighted by molar-refractivity contribution is 6.75. The van der Waals surface area contributed by atoms with Crippen molar-refractivity contribution in [1.82, 2.24) is 0 Å². The van der Waals surface area contributed by atoms with Gasteiger partial charge in [0.1, 0.15) is 5.75 Å². The standard InChI is InChI=1S/C42H64O4Si2/c1-12-44-39(43)35-17-14-16-34(25-35)36(29-45-47(8,9)40(2,3)4)18-13-15-30-19-20-38(46-48(10,11)41(5,6)7)37(24-30)42-26-31-21-32(27-42)23-33(22-31)28-42/h14,16-20,24-25,31-33H,12-13,15,21-23,26-29H2,1-11H3/b36-18+. The predicted octanol–water partition coefficient (Wildman–Crippen LogP) is 11.8. The molecule has 4 nitrogen and oxygen atoms in total. The highest BCUT2D eigenvalue weighted by Crippen LogP contribution is 2.62.